The maximum Gasteiger partial charge on any atom is 0.293 e. The summed E-state index contributed by atoms with van der Waals surface area (Å²) in [6, 6.07) is 18.4. The molecule has 0 bridgehead atoms. The van der Waals surface area contributed by atoms with Gasteiger partial charge in [0.15, 0.2) is 10.9 Å². The predicted octanol–water partition coefficient (Wildman–Crippen LogP) is 4.56. The van der Waals surface area contributed by atoms with Crippen molar-refractivity contribution in [1.29, 1.82) is 0 Å². The zero-order chi connectivity index (χ0) is 20.9. The van der Waals surface area contributed by atoms with Gasteiger partial charge in [-0.05, 0) is 60.7 Å². The lowest BCUT2D eigenvalue weighted by Crippen LogP contribution is -2.38. The summed E-state index contributed by atoms with van der Waals surface area (Å²) >= 11 is 11.3. The molecule has 4 rings (SSSR count). The Morgan fingerprint density at radius 1 is 1.00 bits per heavy atom. The first-order valence-electron chi connectivity index (χ1n) is 9.50. The molecule has 1 aromatic heterocycles. The summed E-state index contributed by atoms with van der Waals surface area (Å²) in [5.74, 6) is 0.329. The summed E-state index contributed by atoms with van der Waals surface area (Å²) in [4.78, 5) is 14.8. The van der Waals surface area contributed by atoms with Gasteiger partial charge in [0, 0.05) is 23.7 Å². The van der Waals surface area contributed by atoms with Gasteiger partial charge in [-0.3, -0.25) is 10.1 Å². The fourth-order valence-corrected chi connectivity index (χ4v) is 3.54. The minimum atomic E-state index is -0.420. The highest BCUT2D eigenvalue weighted by atomic mass is 35.5. The van der Waals surface area contributed by atoms with E-state index in [1.165, 1.54) is 0 Å². The number of carbonyl (C=O) groups excluding carboxylic acids is 1. The van der Waals surface area contributed by atoms with Gasteiger partial charge in [0.05, 0.1) is 24.6 Å². The number of furan rings is 1. The average molecular weight is 442 g/mol. The SMILES string of the molecule is O=C(NC(=S)Nc1ccccc1N1CCOCC1)c1ccc(-c2ccc(Cl)cc2)o1. The second-order valence-electron chi connectivity index (χ2n) is 6.70. The number of amides is 1. The molecule has 1 aliphatic heterocycles. The molecule has 8 heteroatoms. The minimum absolute atomic E-state index is 0.172. The van der Waals surface area contributed by atoms with E-state index in [9.17, 15) is 4.79 Å². The number of benzene rings is 2. The highest BCUT2D eigenvalue weighted by Crippen LogP contribution is 2.27. The van der Waals surface area contributed by atoms with Gasteiger partial charge < -0.3 is 19.4 Å². The molecular formula is C22H20ClN3O3S. The fraction of sp³-hybridized carbons (Fsp3) is 0.182. The monoisotopic (exact) mass is 441 g/mol. The molecule has 0 saturated carbocycles. The zero-order valence-electron chi connectivity index (χ0n) is 16.1. The van der Waals surface area contributed by atoms with Crippen LogP contribution in [0, 0.1) is 0 Å². The highest BCUT2D eigenvalue weighted by molar-refractivity contribution is 7.80. The van der Waals surface area contributed by atoms with E-state index in [1.807, 2.05) is 36.4 Å². The molecule has 0 unspecified atom stereocenters. The molecule has 1 aliphatic rings. The van der Waals surface area contributed by atoms with Gasteiger partial charge in [-0.15, -0.1) is 0 Å². The molecule has 6 nitrogen and oxygen atoms in total. The van der Waals surface area contributed by atoms with Crippen LogP contribution in [-0.2, 0) is 4.74 Å². The van der Waals surface area contributed by atoms with Crippen molar-refractivity contribution in [1.82, 2.24) is 5.32 Å². The van der Waals surface area contributed by atoms with Gasteiger partial charge in [-0.1, -0.05) is 23.7 Å². The van der Waals surface area contributed by atoms with Gasteiger partial charge in [0.1, 0.15) is 5.76 Å². The van der Waals surface area contributed by atoms with E-state index in [-0.39, 0.29) is 10.9 Å². The first kappa shape index (κ1) is 20.4. The van der Waals surface area contributed by atoms with Crippen LogP contribution in [0.15, 0.2) is 65.1 Å². The number of para-hydroxylation sites is 2. The number of carbonyl (C=O) groups is 1. The van der Waals surface area contributed by atoms with Crippen molar-refractivity contribution < 1.29 is 13.9 Å². The molecule has 3 aromatic rings. The summed E-state index contributed by atoms with van der Waals surface area (Å²) in [5, 5.41) is 6.62. The number of rotatable bonds is 4. The van der Waals surface area contributed by atoms with Crippen LogP contribution in [0.25, 0.3) is 11.3 Å². The van der Waals surface area contributed by atoms with Crippen molar-refractivity contribution in [2.24, 2.45) is 0 Å². The Labute approximate surface area is 184 Å². The summed E-state index contributed by atoms with van der Waals surface area (Å²) in [5.41, 5.74) is 2.67. The molecule has 0 aliphatic carbocycles. The Morgan fingerprint density at radius 3 is 2.50 bits per heavy atom. The third-order valence-corrected chi connectivity index (χ3v) is 5.15. The summed E-state index contributed by atoms with van der Waals surface area (Å²) in [7, 11) is 0. The van der Waals surface area contributed by atoms with Gasteiger partial charge >= 0.3 is 0 Å². The van der Waals surface area contributed by atoms with Crippen LogP contribution in [-0.4, -0.2) is 37.3 Å². The third-order valence-electron chi connectivity index (χ3n) is 4.69. The number of hydrogen-bond donors (Lipinski definition) is 2. The first-order valence-corrected chi connectivity index (χ1v) is 10.3. The van der Waals surface area contributed by atoms with Gasteiger partial charge in [0.25, 0.3) is 5.91 Å². The second kappa shape index (κ2) is 9.30. The number of nitrogens with zero attached hydrogens (tertiary/aromatic N) is 1. The van der Waals surface area contributed by atoms with E-state index in [2.05, 4.69) is 15.5 Å². The second-order valence-corrected chi connectivity index (χ2v) is 7.54. The lowest BCUT2D eigenvalue weighted by atomic mass is 10.2. The Balaban J connectivity index is 1.41. The van der Waals surface area contributed by atoms with Crippen molar-refractivity contribution in [3.8, 4) is 11.3 Å². The minimum Gasteiger partial charge on any atom is -0.451 e. The molecule has 0 radical (unpaired) electrons. The van der Waals surface area contributed by atoms with Crippen molar-refractivity contribution >= 4 is 46.2 Å². The van der Waals surface area contributed by atoms with Crippen LogP contribution in [0.1, 0.15) is 10.6 Å². The molecular weight excluding hydrogens is 422 g/mol. The highest BCUT2D eigenvalue weighted by Gasteiger charge is 2.17. The zero-order valence-corrected chi connectivity index (χ0v) is 17.6. The van der Waals surface area contributed by atoms with E-state index >= 15 is 0 Å². The first-order chi connectivity index (χ1) is 14.6. The van der Waals surface area contributed by atoms with Gasteiger partial charge in [0.2, 0.25) is 0 Å². The topological polar surface area (TPSA) is 66.7 Å². The summed E-state index contributed by atoms with van der Waals surface area (Å²) in [6.07, 6.45) is 0. The molecule has 154 valence electrons. The Hall–Kier alpha value is -2.87. The molecule has 2 N–H and O–H groups in total. The molecule has 2 aromatic carbocycles. The molecule has 1 fully saturated rings. The maximum atomic E-state index is 12.6. The summed E-state index contributed by atoms with van der Waals surface area (Å²) < 4.78 is 11.1. The number of anilines is 2. The van der Waals surface area contributed by atoms with E-state index in [0.29, 0.717) is 24.0 Å². The molecule has 1 saturated heterocycles. The number of thiocarbonyl (C=S) groups is 1. The van der Waals surface area contributed by atoms with E-state index in [1.54, 1.807) is 24.3 Å². The largest absolute Gasteiger partial charge is 0.451 e. The van der Waals surface area contributed by atoms with Crippen molar-refractivity contribution in [3.05, 3.63) is 71.4 Å². The van der Waals surface area contributed by atoms with Crippen LogP contribution in [0.4, 0.5) is 11.4 Å². The molecule has 2 heterocycles. The summed E-state index contributed by atoms with van der Waals surface area (Å²) in [6.45, 7) is 2.98. The van der Waals surface area contributed by atoms with Gasteiger partial charge in [-0.2, -0.15) is 0 Å². The van der Waals surface area contributed by atoms with Crippen molar-refractivity contribution in [3.63, 3.8) is 0 Å². The normalized spacial score (nSPS) is 13.7. The lowest BCUT2D eigenvalue weighted by molar-refractivity contribution is 0.0951. The average Bonchev–Trinajstić information content (AvgIpc) is 3.26. The van der Waals surface area contributed by atoms with Gasteiger partial charge in [-0.25, -0.2) is 0 Å². The van der Waals surface area contributed by atoms with Crippen LogP contribution in [0.3, 0.4) is 0 Å². The predicted molar refractivity (Wildman–Crippen MR) is 122 cm³/mol. The van der Waals surface area contributed by atoms with Crippen LogP contribution in [0.2, 0.25) is 5.02 Å². The van der Waals surface area contributed by atoms with Crippen molar-refractivity contribution in [2.75, 3.05) is 36.5 Å². The molecule has 1 amide bonds. The number of ether oxygens (including phenoxy) is 1. The lowest BCUT2D eigenvalue weighted by Gasteiger charge is -2.30. The van der Waals surface area contributed by atoms with E-state index in [0.717, 1.165) is 30.0 Å². The quantitative estimate of drug-likeness (QED) is 0.578. The Bertz CT molecular complexity index is 1050. The fourth-order valence-electron chi connectivity index (χ4n) is 3.21. The Kier molecular flexibility index (Phi) is 6.32. The number of morpholine rings is 1. The maximum absolute atomic E-state index is 12.6. The standard InChI is InChI=1S/C22H20ClN3O3S/c23-16-7-5-15(6-8-16)19-9-10-20(29-19)21(27)25-22(30)24-17-3-1-2-4-18(17)26-11-13-28-14-12-26/h1-10H,11-14H2,(H2,24,25,27,30). The van der Waals surface area contributed by atoms with E-state index in [4.69, 9.17) is 33.0 Å². The molecule has 30 heavy (non-hydrogen) atoms. The number of nitrogens with one attached hydrogen (secondary N) is 2. The molecule has 0 atom stereocenters. The number of halogens is 1. The Morgan fingerprint density at radius 2 is 1.73 bits per heavy atom. The van der Waals surface area contributed by atoms with Crippen LogP contribution < -0.4 is 15.5 Å². The van der Waals surface area contributed by atoms with Crippen LogP contribution >= 0.6 is 23.8 Å². The van der Waals surface area contributed by atoms with Crippen LogP contribution in [0.5, 0.6) is 0 Å². The number of hydrogen-bond acceptors (Lipinski definition) is 5. The molecule has 0 spiro atoms. The van der Waals surface area contributed by atoms with E-state index < -0.39 is 5.91 Å². The van der Waals surface area contributed by atoms with Crippen molar-refractivity contribution in [2.45, 2.75) is 0 Å². The smallest absolute Gasteiger partial charge is 0.293 e. The third kappa shape index (κ3) is 4.81.